The highest BCUT2D eigenvalue weighted by Crippen LogP contribution is 2.11. The minimum Gasteiger partial charge on any atom is -0.448 e. The lowest BCUT2D eigenvalue weighted by Gasteiger charge is -2.10. The Morgan fingerprint density at radius 3 is 2.52 bits per heavy atom. The molecule has 1 amide bonds. The van der Waals surface area contributed by atoms with E-state index in [2.05, 4.69) is 5.10 Å². The summed E-state index contributed by atoms with van der Waals surface area (Å²) in [6, 6.07) is 8.52. The first-order valence-corrected chi connectivity index (χ1v) is 6.43. The molecule has 0 bridgehead atoms. The summed E-state index contributed by atoms with van der Waals surface area (Å²) >= 11 is 0. The van der Waals surface area contributed by atoms with E-state index < -0.39 is 18.0 Å². The fourth-order valence-electron chi connectivity index (χ4n) is 1.74. The minimum atomic E-state index is -0.945. The number of carbonyl (C=O) groups excluding carboxylic acids is 2. The summed E-state index contributed by atoms with van der Waals surface area (Å²) in [5.74, 6) is -1.36. The van der Waals surface area contributed by atoms with Gasteiger partial charge in [-0.3, -0.25) is 4.79 Å². The fourth-order valence-corrected chi connectivity index (χ4v) is 1.74. The number of carbonyl (C=O) groups is 2. The van der Waals surface area contributed by atoms with E-state index in [9.17, 15) is 9.59 Å². The molecule has 1 atom stereocenters. The molecule has 1 heterocycles. The van der Waals surface area contributed by atoms with Gasteiger partial charge >= 0.3 is 5.97 Å². The molecule has 0 aliphatic heterocycles. The van der Waals surface area contributed by atoms with Gasteiger partial charge in [0.1, 0.15) is 0 Å². The molecule has 0 aliphatic carbocycles. The molecule has 0 spiro atoms. The Morgan fingerprint density at radius 1 is 1.29 bits per heavy atom. The lowest BCUT2D eigenvalue weighted by Crippen LogP contribution is -2.32. The van der Waals surface area contributed by atoms with E-state index in [1.54, 1.807) is 37.4 Å². The number of amides is 1. The summed E-state index contributed by atoms with van der Waals surface area (Å²) in [5, 5.41) is 4.11. The summed E-state index contributed by atoms with van der Waals surface area (Å²) in [4.78, 5) is 23.0. The van der Waals surface area contributed by atoms with E-state index in [1.165, 1.54) is 10.7 Å². The maximum absolute atomic E-state index is 11.9. The second kappa shape index (κ2) is 6.08. The van der Waals surface area contributed by atoms with Crippen LogP contribution in [0.3, 0.4) is 0 Å². The monoisotopic (exact) mass is 288 g/mol. The number of ether oxygens (including phenoxy) is 1. The summed E-state index contributed by atoms with van der Waals surface area (Å²) in [5.41, 5.74) is 12.2. The van der Waals surface area contributed by atoms with Gasteiger partial charge in [-0.1, -0.05) is 6.92 Å². The normalized spacial score (nSPS) is 11.9. The van der Waals surface area contributed by atoms with Gasteiger partial charge in [0.15, 0.2) is 11.8 Å². The average molecular weight is 288 g/mol. The van der Waals surface area contributed by atoms with Gasteiger partial charge in [0, 0.05) is 11.9 Å². The number of nitrogen functional groups attached to an aromatic ring is 1. The first-order chi connectivity index (χ1) is 10.0. The molecule has 0 aliphatic rings. The predicted octanol–water partition coefficient (Wildman–Crippen LogP) is 0.875. The van der Waals surface area contributed by atoms with Crippen LogP contribution in [-0.4, -0.2) is 27.8 Å². The molecule has 2 aromatic rings. The van der Waals surface area contributed by atoms with E-state index in [0.29, 0.717) is 12.1 Å². The van der Waals surface area contributed by atoms with Gasteiger partial charge in [0.25, 0.3) is 5.91 Å². The van der Waals surface area contributed by atoms with Crippen molar-refractivity contribution in [2.45, 2.75) is 19.4 Å². The van der Waals surface area contributed by atoms with Gasteiger partial charge in [-0.05, 0) is 36.8 Å². The fraction of sp³-hybridized carbons (Fsp3) is 0.214. The average Bonchev–Trinajstić information content (AvgIpc) is 2.94. The van der Waals surface area contributed by atoms with Crippen LogP contribution < -0.4 is 11.5 Å². The Kier molecular flexibility index (Phi) is 4.22. The van der Waals surface area contributed by atoms with Crippen molar-refractivity contribution in [3.63, 3.8) is 0 Å². The molecule has 110 valence electrons. The number of rotatable bonds is 5. The minimum absolute atomic E-state index is 0.103. The van der Waals surface area contributed by atoms with Crippen molar-refractivity contribution in [2.75, 3.05) is 5.73 Å². The lowest BCUT2D eigenvalue weighted by molar-refractivity contribution is -0.126. The Balaban J connectivity index is 2.14. The second-order valence-electron chi connectivity index (χ2n) is 4.44. The van der Waals surface area contributed by atoms with Gasteiger partial charge in [0.05, 0.1) is 5.69 Å². The summed E-state index contributed by atoms with van der Waals surface area (Å²) < 4.78 is 6.52. The Labute approximate surface area is 121 Å². The predicted molar refractivity (Wildman–Crippen MR) is 76.7 cm³/mol. The Bertz CT molecular complexity index is 648. The number of aromatic nitrogens is 2. The van der Waals surface area contributed by atoms with Crippen molar-refractivity contribution in [1.29, 1.82) is 0 Å². The van der Waals surface area contributed by atoms with Crippen molar-refractivity contribution < 1.29 is 14.3 Å². The molecule has 4 N–H and O–H groups in total. The largest absolute Gasteiger partial charge is 0.448 e. The number of benzene rings is 1. The molecule has 1 unspecified atom stereocenters. The first kappa shape index (κ1) is 14.6. The van der Waals surface area contributed by atoms with Crippen LogP contribution in [-0.2, 0) is 9.53 Å². The number of anilines is 1. The summed E-state index contributed by atoms with van der Waals surface area (Å²) in [6.07, 6.45) is 0.992. The van der Waals surface area contributed by atoms with E-state index in [0.717, 1.165) is 5.69 Å². The molecule has 7 heteroatoms. The van der Waals surface area contributed by atoms with Gasteiger partial charge in [-0.2, -0.15) is 5.10 Å². The third kappa shape index (κ3) is 3.38. The highest BCUT2D eigenvalue weighted by molar-refractivity contribution is 5.90. The molecule has 0 saturated carbocycles. The zero-order chi connectivity index (χ0) is 15.4. The number of nitrogens with two attached hydrogens (primary N) is 2. The lowest BCUT2D eigenvalue weighted by atomic mass is 10.2. The molecule has 1 aromatic heterocycles. The van der Waals surface area contributed by atoms with E-state index in [4.69, 9.17) is 16.2 Å². The van der Waals surface area contributed by atoms with Gasteiger partial charge in [-0.25, -0.2) is 9.48 Å². The van der Waals surface area contributed by atoms with Crippen molar-refractivity contribution >= 4 is 17.6 Å². The van der Waals surface area contributed by atoms with Crippen LogP contribution in [0.5, 0.6) is 0 Å². The third-order valence-electron chi connectivity index (χ3n) is 2.89. The summed E-state index contributed by atoms with van der Waals surface area (Å²) in [7, 11) is 0. The Hall–Kier alpha value is -2.83. The van der Waals surface area contributed by atoms with Crippen LogP contribution in [0, 0.1) is 0 Å². The SMILES string of the molecule is CCC(OC(=O)c1ccn(-c2ccc(N)cc2)n1)C(N)=O. The van der Waals surface area contributed by atoms with Crippen molar-refractivity contribution in [3.05, 3.63) is 42.2 Å². The third-order valence-corrected chi connectivity index (χ3v) is 2.89. The molecule has 0 saturated heterocycles. The topological polar surface area (TPSA) is 113 Å². The highest BCUT2D eigenvalue weighted by Gasteiger charge is 2.20. The van der Waals surface area contributed by atoms with Crippen LogP contribution in [0.15, 0.2) is 36.5 Å². The molecule has 21 heavy (non-hydrogen) atoms. The molecule has 0 fully saturated rings. The number of esters is 1. The number of hydrogen-bond acceptors (Lipinski definition) is 5. The molecular formula is C14H16N4O3. The zero-order valence-electron chi connectivity index (χ0n) is 11.5. The molecule has 7 nitrogen and oxygen atoms in total. The van der Waals surface area contributed by atoms with Crippen molar-refractivity contribution in [3.8, 4) is 5.69 Å². The standard InChI is InChI=1S/C14H16N4O3/c1-2-12(13(16)19)21-14(20)11-7-8-18(17-11)10-5-3-9(15)4-6-10/h3-8,12H,2,15H2,1H3,(H2,16,19). The van der Waals surface area contributed by atoms with E-state index in [1.807, 2.05) is 0 Å². The quantitative estimate of drug-likeness (QED) is 0.626. The highest BCUT2D eigenvalue weighted by atomic mass is 16.5. The molecule has 2 rings (SSSR count). The van der Waals surface area contributed by atoms with Crippen molar-refractivity contribution in [1.82, 2.24) is 9.78 Å². The number of hydrogen-bond donors (Lipinski definition) is 2. The van der Waals surface area contributed by atoms with Gasteiger partial charge in [-0.15, -0.1) is 0 Å². The molecule has 1 aromatic carbocycles. The van der Waals surface area contributed by atoms with Crippen LogP contribution in [0.25, 0.3) is 5.69 Å². The smallest absolute Gasteiger partial charge is 0.359 e. The van der Waals surface area contributed by atoms with Gasteiger partial charge < -0.3 is 16.2 Å². The maximum Gasteiger partial charge on any atom is 0.359 e. The second-order valence-corrected chi connectivity index (χ2v) is 4.44. The van der Waals surface area contributed by atoms with E-state index >= 15 is 0 Å². The molecular weight excluding hydrogens is 272 g/mol. The van der Waals surface area contributed by atoms with Crippen LogP contribution in [0.1, 0.15) is 23.8 Å². The van der Waals surface area contributed by atoms with E-state index in [-0.39, 0.29) is 5.69 Å². The molecule has 0 radical (unpaired) electrons. The van der Waals surface area contributed by atoms with Crippen LogP contribution in [0.4, 0.5) is 5.69 Å². The Morgan fingerprint density at radius 2 is 1.95 bits per heavy atom. The first-order valence-electron chi connectivity index (χ1n) is 6.43. The summed E-state index contributed by atoms with van der Waals surface area (Å²) in [6.45, 7) is 1.70. The van der Waals surface area contributed by atoms with Crippen LogP contribution in [0.2, 0.25) is 0 Å². The number of primary amides is 1. The maximum atomic E-state index is 11.9. The number of nitrogens with zero attached hydrogens (tertiary/aromatic N) is 2. The van der Waals surface area contributed by atoms with Crippen LogP contribution >= 0.6 is 0 Å². The zero-order valence-corrected chi connectivity index (χ0v) is 11.5. The van der Waals surface area contributed by atoms with Crippen molar-refractivity contribution in [2.24, 2.45) is 5.73 Å². The van der Waals surface area contributed by atoms with Gasteiger partial charge in [0.2, 0.25) is 0 Å².